The molecule has 4 aliphatic rings. The first-order valence-electron chi connectivity index (χ1n) is 8.60. The summed E-state index contributed by atoms with van der Waals surface area (Å²) in [5.41, 5.74) is 1.21. The Balaban J connectivity index is 1.68. The van der Waals surface area contributed by atoms with E-state index in [1.807, 2.05) is 6.08 Å². The standard InChI is InChI=1S/C18H26O3/c1-18-9-15(20)17-12-5-3-11(19)8-10(12)2-4-13(17)14(18)6-7-16(18)21/h8,12-17,20-21H,2-7,9H2,1H3/t12-,13-,14-,15-,16-,17+,18-/m0/s1. The van der Waals surface area contributed by atoms with Gasteiger partial charge in [-0.2, -0.15) is 0 Å². The quantitative estimate of drug-likeness (QED) is 0.720. The summed E-state index contributed by atoms with van der Waals surface area (Å²) < 4.78 is 0. The van der Waals surface area contributed by atoms with Crippen molar-refractivity contribution in [2.45, 2.75) is 64.1 Å². The van der Waals surface area contributed by atoms with Crippen molar-refractivity contribution < 1.29 is 15.0 Å². The molecule has 3 heteroatoms. The van der Waals surface area contributed by atoms with Gasteiger partial charge in [0.05, 0.1) is 12.2 Å². The van der Waals surface area contributed by atoms with Crippen LogP contribution >= 0.6 is 0 Å². The zero-order valence-corrected chi connectivity index (χ0v) is 12.8. The monoisotopic (exact) mass is 290 g/mol. The molecule has 4 rings (SSSR count). The normalized spacial score (nSPS) is 52.7. The molecule has 0 aromatic heterocycles. The molecule has 0 bridgehead atoms. The van der Waals surface area contributed by atoms with Crippen LogP contribution in [0.4, 0.5) is 0 Å². The molecule has 0 aromatic rings. The van der Waals surface area contributed by atoms with Gasteiger partial charge in [0, 0.05) is 6.42 Å². The summed E-state index contributed by atoms with van der Waals surface area (Å²) in [4.78, 5) is 11.7. The van der Waals surface area contributed by atoms with Crippen molar-refractivity contribution in [1.29, 1.82) is 0 Å². The molecule has 4 aliphatic carbocycles. The second-order valence-electron chi connectivity index (χ2n) is 8.09. The number of ketones is 1. The van der Waals surface area contributed by atoms with E-state index >= 15 is 0 Å². The molecular formula is C18H26O3. The summed E-state index contributed by atoms with van der Waals surface area (Å²) in [6.07, 6.45) is 7.72. The second-order valence-corrected chi connectivity index (χ2v) is 8.09. The van der Waals surface area contributed by atoms with Crippen LogP contribution in [0, 0.1) is 29.1 Å². The summed E-state index contributed by atoms with van der Waals surface area (Å²) >= 11 is 0. The average Bonchev–Trinajstić information content (AvgIpc) is 2.74. The number of rotatable bonds is 0. The third-order valence-corrected chi connectivity index (χ3v) is 7.22. The van der Waals surface area contributed by atoms with Crippen LogP contribution < -0.4 is 0 Å². The molecule has 7 atom stereocenters. The van der Waals surface area contributed by atoms with E-state index in [-0.39, 0.29) is 23.4 Å². The average molecular weight is 290 g/mol. The van der Waals surface area contributed by atoms with E-state index in [9.17, 15) is 15.0 Å². The number of hydrogen-bond acceptors (Lipinski definition) is 3. The fourth-order valence-corrected chi connectivity index (χ4v) is 6.23. The van der Waals surface area contributed by atoms with Gasteiger partial charge < -0.3 is 10.2 Å². The minimum absolute atomic E-state index is 0.0910. The molecular weight excluding hydrogens is 264 g/mol. The summed E-state index contributed by atoms with van der Waals surface area (Å²) in [5, 5.41) is 21.2. The first kappa shape index (κ1) is 14.0. The zero-order chi connectivity index (χ0) is 14.8. The molecule has 0 radical (unpaired) electrons. The molecule has 0 aliphatic heterocycles. The van der Waals surface area contributed by atoms with Gasteiger partial charge in [-0.3, -0.25) is 4.79 Å². The third-order valence-electron chi connectivity index (χ3n) is 7.22. The first-order valence-corrected chi connectivity index (χ1v) is 8.60. The minimum atomic E-state index is -0.314. The molecule has 2 N–H and O–H groups in total. The first-order chi connectivity index (χ1) is 10.0. The molecule has 0 saturated heterocycles. The predicted molar refractivity (Wildman–Crippen MR) is 79.5 cm³/mol. The number of aliphatic hydroxyl groups is 2. The lowest BCUT2D eigenvalue weighted by molar-refractivity contribution is -0.125. The lowest BCUT2D eigenvalue weighted by Gasteiger charge is -2.55. The largest absolute Gasteiger partial charge is 0.393 e. The van der Waals surface area contributed by atoms with Crippen molar-refractivity contribution in [2.24, 2.45) is 29.1 Å². The number of carbonyl (C=O) groups is 1. The Kier molecular flexibility index (Phi) is 3.10. The molecule has 0 amide bonds. The van der Waals surface area contributed by atoms with Crippen LogP contribution in [0.25, 0.3) is 0 Å². The van der Waals surface area contributed by atoms with Crippen molar-refractivity contribution >= 4 is 5.78 Å². The Hall–Kier alpha value is -0.670. The highest BCUT2D eigenvalue weighted by atomic mass is 16.3. The van der Waals surface area contributed by atoms with Gasteiger partial charge >= 0.3 is 0 Å². The summed E-state index contributed by atoms with van der Waals surface area (Å²) in [7, 11) is 0. The van der Waals surface area contributed by atoms with Crippen LogP contribution in [0.2, 0.25) is 0 Å². The van der Waals surface area contributed by atoms with Gasteiger partial charge in [0.15, 0.2) is 5.78 Å². The van der Waals surface area contributed by atoms with Crippen molar-refractivity contribution in [3.63, 3.8) is 0 Å². The van der Waals surface area contributed by atoms with Crippen molar-refractivity contribution in [1.82, 2.24) is 0 Å². The summed E-state index contributed by atoms with van der Waals surface area (Å²) in [5.74, 6) is 2.10. The number of hydrogen-bond donors (Lipinski definition) is 2. The highest BCUT2D eigenvalue weighted by Crippen LogP contribution is 2.61. The van der Waals surface area contributed by atoms with Gasteiger partial charge in [0.25, 0.3) is 0 Å². The Morgan fingerprint density at radius 1 is 1.14 bits per heavy atom. The maximum Gasteiger partial charge on any atom is 0.155 e. The van der Waals surface area contributed by atoms with Crippen LogP contribution in [0.15, 0.2) is 11.6 Å². The fraction of sp³-hybridized carbons (Fsp3) is 0.833. The Bertz CT molecular complexity index is 497. The van der Waals surface area contributed by atoms with E-state index in [1.54, 1.807) is 0 Å². The van der Waals surface area contributed by atoms with Crippen LogP contribution in [-0.2, 0) is 4.79 Å². The summed E-state index contributed by atoms with van der Waals surface area (Å²) in [6, 6.07) is 0. The molecule has 0 aromatic carbocycles. The van der Waals surface area contributed by atoms with E-state index in [0.29, 0.717) is 30.1 Å². The number of allylic oxidation sites excluding steroid dienone is 1. The van der Waals surface area contributed by atoms with Crippen LogP contribution in [-0.4, -0.2) is 28.2 Å². The molecule has 3 fully saturated rings. The van der Waals surface area contributed by atoms with E-state index in [2.05, 4.69) is 6.92 Å². The molecule has 0 unspecified atom stereocenters. The van der Waals surface area contributed by atoms with Gasteiger partial charge in [-0.05, 0) is 73.7 Å². The minimum Gasteiger partial charge on any atom is -0.393 e. The van der Waals surface area contributed by atoms with Gasteiger partial charge in [0.1, 0.15) is 0 Å². The molecule has 3 nitrogen and oxygen atoms in total. The predicted octanol–water partition coefficient (Wildman–Crippen LogP) is 2.46. The maximum absolute atomic E-state index is 11.7. The van der Waals surface area contributed by atoms with Crippen LogP contribution in [0.5, 0.6) is 0 Å². The molecule has 0 spiro atoms. The maximum atomic E-state index is 11.7. The van der Waals surface area contributed by atoms with Crippen molar-refractivity contribution in [3.05, 3.63) is 11.6 Å². The fourth-order valence-electron chi connectivity index (χ4n) is 6.23. The Labute approximate surface area is 126 Å². The van der Waals surface area contributed by atoms with E-state index in [4.69, 9.17) is 0 Å². The van der Waals surface area contributed by atoms with E-state index in [0.717, 1.165) is 38.5 Å². The van der Waals surface area contributed by atoms with Crippen LogP contribution in [0.1, 0.15) is 51.9 Å². The summed E-state index contributed by atoms with van der Waals surface area (Å²) in [6.45, 7) is 2.19. The SMILES string of the molecule is C[C@]12C[C@H](O)[C@H]3[C@@H](CCC4=CC(=O)CC[C@@H]43)[C@@H]1CC[C@@H]2O. The molecule has 116 valence electrons. The number of carbonyl (C=O) groups excluding carboxylic acids is 1. The number of aliphatic hydroxyl groups excluding tert-OH is 2. The van der Waals surface area contributed by atoms with Crippen molar-refractivity contribution in [3.8, 4) is 0 Å². The highest BCUT2D eigenvalue weighted by Gasteiger charge is 2.58. The lowest BCUT2D eigenvalue weighted by Crippen LogP contribution is -2.53. The van der Waals surface area contributed by atoms with Gasteiger partial charge in [-0.15, -0.1) is 0 Å². The molecule has 21 heavy (non-hydrogen) atoms. The smallest absolute Gasteiger partial charge is 0.155 e. The van der Waals surface area contributed by atoms with E-state index < -0.39 is 0 Å². The van der Waals surface area contributed by atoms with Crippen LogP contribution in [0.3, 0.4) is 0 Å². The number of fused-ring (bicyclic) bond motifs is 5. The third kappa shape index (κ3) is 1.90. The Morgan fingerprint density at radius 2 is 1.95 bits per heavy atom. The van der Waals surface area contributed by atoms with Crippen molar-refractivity contribution in [2.75, 3.05) is 0 Å². The Morgan fingerprint density at radius 3 is 2.76 bits per heavy atom. The van der Waals surface area contributed by atoms with Gasteiger partial charge in [-0.25, -0.2) is 0 Å². The topological polar surface area (TPSA) is 57.5 Å². The zero-order valence-electron chi connectivity index (χ0n) is 12.8. The second kappa shape index (κ2) is 4.66. The van der Waals surface area contributed by atoms with E-state index in [1.165, 1.54) is 5.57 Å². The molecule has 0 heterocycles. The highest BCUT2D eigenvalue weighted by molar-refractivity contribution is 5.91. The lowest BCUT2D eigenvalue weighted by atomic mass is 9.51. The molecule has 3 saturated carbocycles. The van der Waals surface area contributed by atoms with Gasteiger partial charge in [-0.1, -0.05) is 12.5 Å². The van der Waals surface area contributed by atoms with Gasteiger partial charge in [0.2, 0.25) is 0 Å².